The van der Waals surface area contributed by atoms with Crippen LogP contribution in [0.5, 0.6) is 0 Å². The number of amides is 2. The van der Waals surface area contributed by atoms with Crippen molar-refractivity contribution in [2.45, 2.75) is 32.7 Å². The van der Waals surface area contributed by atoms with E-state index in [9.17, 15) is 14.4 Å². The first-order valence-corrected chi connectivity index (χ1v) is 9.12. The number of aryl methyl sites for hydroxylation is 1. The number of ether oxygens (including phenoxy) is 1. The van der Waals surface area contributed by atoms with E-state index in [1.807, 2.05) is 37.3 Å². The van der Waals surface area contributed by atoms with Gasteiger partial charge in [-0.1, -0.05) is 42.0 Å². The number of esters is 1. The fourth-order valence-electron chi connectivity index (χ4n) is 2.66. The summed E-state index contributed by atoms with van der Waals surface area (Å²) in [4.78, 5) is 35.6. The summed E-state index contributed by atoms with van der Waals surface area (Å²) < 4.78 is 5.05. The Morgan fingerprint density at radius 2 is 1.72 bits per heavy atom. The number of carbonyl (C=O) groups is 3. The molecular formula is C22H23N3O4. The Kier molecular flexibility index (Phi) is 7.92. The fourth-order valence-corrected chi connectivity index (χ4v) is 2.66. The molecule has 0 radical (unpaired) electrons. The summed E-state index contributed by atoms with van der Waals surface area (Å²) in [6.07, 6.45) is 0.209. The number of benzene rings is 2. The van der Waals surface area contributed by atoms with Gasteiger partial charge in [0.2, 0.25) is 5.91 Å². The first-order chi connectivity index (χ1) is 13.9. The molecule has 0 aromatic heterocycles. The lowest BCUT2D eigenvalue weighted by Crippen LogP contribution is -2.29. The molecule has 0 aliphatic heterocycles. The van der Waals surface area contributed by atoms with Crippen molar-refractivity contribution in [3.8, 4) is 6.07 Å². The minimum atomic E-state index is -0.594. The lowest BCUT2D eigenvalue weighted by atomic mass is 10.0. The normalized spacial score (nSPS) is 11.1. The molecule has 0 aliphatic rings. The number of rotatable bonds is 8. The Balaban J connectivity index is 1.87. The van der Waals surface area contributed by atoms with E-state index in [0.717, 1.165) is 16.7 Å². The maximum absolute atomic E-state index is 12.2. The van der Waals surface area contributed by atoms with Gasteiger partial charge in [0.05, 0.1) is 25.0 Å². The summed E-state index contributed by atoms with van der Waals surface area (Å²) in [5.41, 5.74) is 3.24. The van der Waals surface area contributed by atoms with Gasteiger partial charge in [-0.25, -0.2) is 0 Å². The van der Waals surface area contributed by atoms with Crippen molar-refractivity contribution in [3.63, 3.8) is 0 Å². The predicted octanol–water partition coefficient (Wildman–Crippen LogP) is 2.81. The maximum Gasteiger partial charge on any atom is 0.308 e. The molecule has 1 atom stereocenters. The molecule has 2 rings (SSSR count). The Hall–Kier alpha value is -3.66. The molecule has 2 amide bonds. The molecule has 7 nitrogen and oxygen atoms in total. The summed E-state index contributed by atoms with van der Waals surface area (Å²) in [6, 6.07) is 15.8. The van der Waals surface area contributed by atoms with E-state index in [0.29, 0.717) is 12.1 Å². The highest BCUT2D eigenvalue weighted by Crippen LogP contribution is 2.18. The molecule has 2 aromatic carbocycles. The third-order valence-corrected chi connectivity index (χ3v) is 4.11. The van der Waals surface area contributed by atoms with Crippen LogP contribution in [0.2, 0.25) is 0 Å². The standard InChI is InChI=1S/C22H23N3O4/c1-15-3-7-18(8-4-15)20(24-16(2)26)13-22(28)29-14-21(27)25-19-9-5-17(6-10-19)11-12-23/h3-10,20H,11,13-14H2,1-2H3,(H,24,26)(H,25,27). The highest BCUT2D eigenvalue weighted by atomic mass is 16.5. The number of hydrogen-bond acceptors (Lipinski definition) is 5. The van der Waals surface area contributed by atoms with Gasteiger partial charge in [0.1, 0.15) is 0 Å². The van der Waals surface area contributed by atoms with Crippen molar-refractivity contribution in [1.29, 1.82) is 5.26 Å². The topological polar surface area (TPSA) is 108 Å². The van der Waals surface area contributed by atoms with Gasteiger partial charge in [-0.2, -0.15) is 5.26 Å². The zero-order valence-electron chi connectivity index (χ0n) is 16.4. The van der Waals surface area contributed by atoms with Crippen LogP contribution < -0.4 is 10.6 Å². The van der Waals surface area contributed by atoms with Gasteiger partial charge in [-0.05, 0) is 30.2 Å². The highest BCUT2D eigenvalue weighted by Gasteiger charge is 2.19. The summed E-state index contributed by atoms with van der Waals surface area (Å²) in [5, 5.41) is 14.0. The fraction of sp³-hybridized carbons (Fsp3) is 0.273. The van der Waals surface area contributed by atoms with Crippen LogP contribution in [0.3, 0.4) is 0 Å². The maximum atomic E-state index is 12.2. The molecule has 0 fully saturated rings. The quantitative estimate of drug-likeness (QED) is 0.671. The highest BCUT2D eigenvalue weighted by molar-refractivity contribution is 5.92. The van der Waals surface area contributed by atoms with Crippen LogP contribution in [0, 0.1) is 18.3 Å². The molecule has 7 heteroatoms. The molecule has 29 heavy (non-hydrogen) atoms. The number of hydrogen-bond donors (Lipinski definition) is 2. The van der Waals surface area contributed by atoms with Crippen LogP contribution in [0.15, 0.2) is 48.5 Å². The minimum absolute atomic E-state index is 0.0845. The predicted molar refractivity (Wildman–Crippen MR) is 108 cm³/mol. The van der Waals surface area contributed by atoms with Crippen molar-refractivity contribution in [1.82, 2.24) is 5.32 Å². The zero-order chi connectivity index (χ0) is 21.2. The summed E-state index contributed by atoms with van der Waals surface area (Å²) in [6.45, 7) is 2.89. The Morgan fingerprint density at radius 1 is 1.07 bits per heavy atom. The van der Waals surface area contributed by atoms with Crippen LogP contribution in [0.25, 0.3) is 0 Å². The van der Waals surface area contributed by atoms with E-state index in [4.69, 9.17) is 10.00 Å². The second kappa shape index (κ2) is 10.6. The van der Waals surface area contributed by atoms with Crippen molar-refractivity contribution in [2.24, 2.45) is 0 Å². The second-order valence-corrected chi connectivity index (χ2v) is 6.61. The average Bonchev–Trinajstić information content (AvgIpc) is 2.68. The van der Waals surface area contributed by atoms with Crippen molar-refractivity contribution in [2.75, 3.05) is 11.9 Å². The molecule has 2 N–H and O–H groups in total. The lowest BCUT2D eigenvalue weighted by molar-refractivity contribution is -0.148. The van der Waals surface area contributed by atoms with Gasteiger partial charge in [-0.15, -0.1) is 0 Å². The van der Waals surface area contributed by atoms with Crippen LogP contribution in [-0.4, -0.2) is 24.4 Å². The van der Waals surface area contributed by atoms with Gasteiger partial charge in [-0.3, -0.25) is 14.4 Å². The summed E-state index contributed by atoms with van der Waals surface area (Å²) in [7, 11) is 0. The van der Waals surface area contributed by atoms with Gasteiger partial charge < -0.3 is 15.4 Å². The van der Waals surface area contributed by atoms with E-state index < -0.39 is 24.5 Å². The molecule has 0 saturated heterocycles. The summed E-state index contributed by atoms with van der Waals surface area (Å²) >= 11 is 0. The van der Waals surface area contributed by atoms with Gasteiger partial charge in [0.25, 0.3) is 5.91 Å². The van der Waals surface area contributed by atoms with E-state index >= 15 is 0 Å². The molecular weight excluding hydrogens is 370 g/mol. The Bertz CT molecular complexity index is 899. The van der Waals surface area contributed by atoms with E-state index in [1.165, 1.54) is 6.92 Å². The first-order valence-electron chi connectivity index (χ1n) is 9.12. The molecule has 0 spiro atoms. The largest absolute Gasteiger partial charge is 0.455 e. The van der Waals surface area contributed by atoms with E-state index in [2.05, 4.69) is 10.6 Å². The number of nitriles is 1. The number of nitrogens with one attached hydrogen (secondary N) is 2. The Labute approximate surface area is 169 Å². The van der Waals surface area contributed by atoms with E-state index in [1.54, 1.807) is 24.3 Å². The average molecular weight is 393 g/mol. The molecule has 0 bridgehead atoms. The molecule has 1 unspecified atom stereocenters. The monoisotopic (exact) mass is 393 g/mol. The van der Waals surface area contributed by atoms with Crippen LogP contribution in [0.4, 0.5) is 5.69 Å². The van der Waals surface area contributed by atoms with Gasteiger partial charge in [0.15, 0.2) is 6.61 Å². The Morgan fingerprint density at radius 3 is 2.31 bits per heavy atom. The van der Waals surface area contributed by atoms with Crippen LogP contribution in [-0.2, 0) is 25.5 Å². The minimum Gasteiger partial charge on any atom is -0.455 e. The molecule has 0 heterocycles. The number of anilines is 1. The third-order valence-electron chi connectivity index (χ3n) is 4.11. The smallest absolute Gasteiger partial charge is 0.308 e. The van der Waals surface area contributed by atoms with Gasteiger partial charge in [0, 0.05) is 12.6 Å². The van der Waals surface area contributed by atoms with Crippen molar-refractivity contribution >= 4 is 23.5 Å². The van der Waals surface area contributed by atoms with Gasteiger partial charge >= 0.3 is 5.97 Å². The third kappa shape index (κ3) is 7.46. The van der Waals surface area contributed by atoms with Crippen LogP contribution >= 0.6 is 0 Å². The van der Waals surface area contributed by atoms with Crippen molar-refractivity contribution in [3.05, 3.63) is 65.2 Å². The summed E-state index contributed by atoms with van der Waals surface area (Å²) in [5.74, 6) is -1.33. The number of carbonyl (C=O) groups excluding carboxylic acids is 3. The number of nitrogens with zero attached hydrogens (tertiary/aromatic N) is 1. The zero-order valence-corrected chi connectivity index (χ0v) is 16.4. The van der Waals surface area contributed by atoms with Crippen molar-refractivity contribution < 1.29 is 19.1 Å². The molecule has 0 aliphatic carbocycles. The first kappa shape index (κ1) is 21.6. The second-order valence-electron chi connectivity index (χ2n) is 6.61. The SMILES string of the molecule is CC(=O)NC(CC(=O)OCC(=O)Nc1ccc(CC#N)cc1)c1ccc(C)cc1. The molecule has 150 valence electrons. The molecule has 2 aromatic rings. The van der Waals surface area contributed by atoms with Crippen LogP contribution in [0.1, 0.15) is 36.1 Å². The lowest BCUT2D eigenvalue weighted by Gasteiger charge is -2.18. The molecule has 0 saturated carbocycles. The van der Waals surface area contributed by atoms with E-state index in [-0.39, 0.29) is 12.3 Å².